The van der Waals surface area contributed by atoms with E-state index in [1.54, 1.807) is 0 Å². The quantitative estimate of drug-likeness (QED) is 0.672. The van der Waals surface area contributed by atoms with E-state index in [0.717, 1.165) is 10.5 Å². The average molecular weight is 331 g/mol. The van der Waals surface area contributed by atoms with Crippen molar-refractivity contribution in [2.45, 2.75) is 33.1 Å². The molecule has 0 nitrogen and oxygen atoms in total. The summed E-state index contributed by atoms with van der Waals surface area (Å²) in [5.41, 5.74) is 2.96. The highest BCUT2D eigenvalue weighted by Crippen LogP contribution is 2.35. The Morgan fingerprint density at radius 1 is 0.714 bits per heavy atom. The van der Waals surface area contributed by atoms with Crippen LogP contribution >= 0.6 is 35.3 Å². The van der Waals surface area contributed by atoms with Crippen molar-refractivity contribution in [1.82, 2.24) is 0 Å². The van der Waals surface area contributed by atoms with Gasteiger partial charge in [-0.3, -0.25) is 0 Å². The molecule has 2 aliphatic rings. The SMILES string of the molecule is c1cc(Sc2ccc(CC3CS3)cc2)ccc1CC1CS1. The summed E-state index contributed by atoms with van der Waals surface area (Å²) < 4.78 is 0. The van der Waals surface area contributed by atoms with Crippen LogP contribution in [0.2, 0.25) is 0 Å². The van der Waals surface area contributed by atoms with Crippen molar-refractivity contribution in [3.63, 3.8) is 0 Å². The highest BCUT2D eigenvalue weighted by Gasteiger charge is 2.22. The van der Waals surface area contributed by atoms with Crippen molar-refractivity contribution in [2.24, 2.45) is 0 Å². The Labute approximate surface area is 139 Å². The molecule has 2 unspecified atom stereocenters. The van der Waals surface area contributed by atoms with E-state index in [2.05, 4.69) is 72.1 Å². The van der Waals surface area contributed by atoms with Gasteiger partial charge in [-0.25, -0.2) is 0 Å². The normalized spacial score (nSPS) is 23.0. The molecule has 0 aliphatic carbocycles. The molecule has 108 valence electrons. The van der Waals surface area contributed by atoms with E-state index in [-0.39, 0.29) is 0 Å². The molecule has 0 spiro atoms. The molecule has 2 aromatic carbocycles. The van der Waals surface area contributed by atoms with Crippen molar-refractivity contribution >= 4 is 35.3 Å². The zero-order valence-electron chi connectivity index (χ0n) is 11.8. The van der Waals surface area contributed by atoms with Crippen LogP contribution in [0.15, 0.2) is 58.3 Å². The third kappa shape index (κ3) is 4.24. The van der Waals surface area contributed by atoms with Gasteiger partial charge in [-0.2, -0.15) is 23.5 Å². The molecule has 0 amide bonds. The topological polar surface area (TPSA) is 0 Å². The Hall–Kier alpha value is -0.510. The molecule has 2 aliphatic heterocycles. The number of hydrogen-bond donors (Lipinski definition) is 0. The predicted octanol–water partition coefficient (Wildman–Crippen LogP) is 5.15. The second-order valence-corrected chi connectivity index (χ2v) is 9.52. The fourth-order valence-electron chi connectivity index (χ4n) is 2.42. The summed E-state index contributed by atoms with van der Waals surface area (Å²) in [6.07, 6.45) is 2.48. The molecule has 0 bridgehead atoms. The Kier molecular flexibility index (Phi) is 4.24. The summed E-state index contributed by atoms with van der Waals surface area (Å²) in [4.78, 5) is 2.68. The van der Waals surface area contributed by atoms with Crippen LogP contribution in [0.25, 0.3) is 0 Å². The standard InChI is InChI=1S/C18H18S3/c1-5-15(6-2-13(1)9-17-11-19-17)21-16-7-3-14(4-8-16)10-18-12-20-18/h1-8,17-18H,9-12H2. The molecule has 0 radical (unpaired) electrons. The molecule has 4 rings (SSSR count). The molecule has 2 heterocycles. The monoisotopic (exact) mass is 330 g/mol. The van der Waals surface area contributed by atoms with Gasteiger partial charge in [0.25, 0.3) is 0 Å². The molecule has 2 aromatic rings. The lowest BCUT2D eigenvalue weighted by Gasteiger charge is -2.05. The zero-order chi connectivity index (χ0) is 14.1. The van der Waals surface area contributed by atoms with Gasteiger partial charge in [0.15, 0.2) is 0 Å². The van der Waals surface area contributed by atoms with Crippen LogP contribution < -0.4 is 0 Å². The maximum Gasteiger partial charge on any atom is 0.0179 e. The van der Waals surface area contributed by atoms with Crippen molar-refractivity contribution in [3.8, 4) is 0 Å². The first-order valence-corrected chi connectivity index (χ1v) is 10.4. The Bertz CT molecular complexity index is 540. The summed E-state index contributed by atoms with van der Waals surface area (Å²) in [7, 11) is 0. The van der Waals surface area contributed by atoms with Crippen LogP contribution in [0.4, 0.5) is 0 Å². The molecule has 0 N–H and O–H groups in total. The summed E-state index contributed by atoms with van der Waals surface area (Å²) in [6.45, 7) is 0. The Morgan fingerprint density at radius 2 is 1.10 bits per heavy atom. The van der Waals surface area contributed by atoms with Crippen LogP contribution in [0.3, 0.4) is 0 Å². The fourth-order valence-corrected chi connectivity index (χ4v) is 4.37. The molecule has 2 fully saturated rings. The molecule has 0 saturated carbocycles. The van der Waals surface area contributed by atoms with E-state index in [0.29, 0.717) is 0 Å². The molecule has 2 atom stereocenters. The first-order valence-electron chi connectivity index (χ1n) is 7.44. The van der Waals surface area contributed by atoms with E-state index in [1.165, 1.54) is 45.3 Å². The summed E-state index contributed by atoms with van der Waals surface area (Å²) in [6, 6.07) is 18.2. The third-order valence-corrected chi connectivity index (χ3v) is 6.77. The summed E-state index contributed by atoms with van der Waals surface area (Å²) >= 11 is 6.01. The minimum atomic E-state index is 0.890. The highest BCUT2D eigenvalue weighted by atomic mass is 32.2. The number of rotatable bonds is 6. The van der Waals surface area contributed by atoms with E-state index < -0.39 is 0 Å². The second kappa shape index (κ2) is 6.31. The fraction of sp³-hybridized carbons (Fsp3) is 0.333. The largest absolute Gasteiger partial charge is 0.156 e. The van der Waals surface area contributed by atoms with E-state index in [4.69, 9.17) is 0 Å². The number of hydrogen-bond acceptors (Lipinski definition) is 3. The lowest BCUT2D eigenvalue weighted by molar-refractivity contribution is 1.02. The minimum absolute atomic E-state index is 0.890. The van der Waals surface area contributed by atoms with Crippen LogP contribution in [0.1, 0.15) is 11.1 Å². The van der Waals surface area contributed by atoms with Crippen LogP contribution in [-0.2, 0) is 12.8 Å². The van der Waals surface area contributed by atoms with Gasteiger partial charge >= 0.3 is 0 Å². The molecule has 2 saturated heterocycles. The average Bonchev–Trinajstić information content (AvgIpc) is 3.40. The van der Waals surface area contributed by atoms with Crippen molar-refractivity contribution in [1.29, 1.82) is 0 Å². The zero-order valence-corrected chi connectivity index (χ0v) is 14.3. The predicted molar refractivity (Wildman–Crippen MR) is 96.9 cm³/mol. The van der Waals surface area contributed by atoms with Crippen molar-refractivity contribution < 1.29 is 0 Å². The summed E-state index contributed by atoms with van der Waals surface area (Å²) in [5, 5.41) is 1.78. The highest BCUT2D eigenvalue weighted by molar-refractivity contribution is 8.07. The van der Waals surface area contributed by atoms with Crippen LogP contribution in [0.5, 0.6) is 0 Å². The first-order chi connectivity index (χ1) is 10.3. The van der Waals surface area contributed by atoms with E-state index >= 15 is 0 Å². The van der Waals surface area contributed by atoms with Gasteiger partial charge in [-0.05, 0) is 48.2 Å². The first kappa shape index (κ1) is 14.1. The number of thioether (sulfide) groups is 2. The van der Waals surface area contributed by atoms with Crippen molar-refractivity contribution in [3.05, 3.63) is 59.7 Å². The van der Waals surface area contributed by atoms with Gasteiger partial charge in [-0.15, -0.1) is 0 Å². The second-order valence-electron chi connectivity index (χ2n) is 5.71. The molecule has 3 heteroatoms. The minimum Gasteiger partial charge on any atom is -0.156 e. The Balaban J connectivity index is 1.37. The summed E-state index contributed by atoms with van der Waals surface area (Å²) in [5.74, 6) is 2.70. The smallest absolute Gasteiger partial charge is 0.0179 e. The maximum absolute atomic E-state index is 2.29. The lowest BCUT2D eigenvalue weighted by atomic mass is 10.1. The maximum atomic E-state index is 2.29. The van der Waals surface area contributed by atoms with Gasteiger partial charge in [0.1, 0.15) is 0 Å². The van der Waals surface area contributed by atoms with Gasteiger partial charge < -0.3 is 0 Å². The number of benzene rings is 2. The van der Waals surface area contributed by atoms with Crippen LogP contribution in [-0.4, -0.2) is 22.0 Å². The molecular formula is C18H18S3. The van der Waals surface area contributed by atoms with E-state index in [9.17, 15) is 0 Å². The lowest BCUT2D eigenvalue weighted by Crippen LogP contribution is -1.91. The van der Waals surface area contributed by atoms with Crippen LogP contribution in [0, 0.1) is 0 Å². The Morgan fingerprint density at radius 3 is 1.43 bits per heavy atom. The van der Waals surface area contributed by atoms with Crippen molar-refractivity contribution in [2.75, 3.05) is 11.5 Å². The third-order valence-electron chi connectivity index (χ3n) is 3.81. The van der Waals surface area contributed by atoms with Gasteiger partial charge in [0.05, 0.1) is 0 Å². The van der Waals surface area contributed by atoms with E-state index in [1.807, 2.05) is 11.8 Å². The molecule has 0 aromatic heterocycles. The molecule has 21 heavy (non-hydrogen) atoms. The van der Waals surface area contributed by atoms with Gasteiger partial charge in [0, 0.05) is 31.8 Å². The van der Waals surface area contributed by atoms with Gasteiger partial charge in [0.2, 0.25) is 0 Å². The molecular weight excluding hydrogens is 312 g/mol. The van der Waals surface area contributed by atoms with Gasteiger partial charge in [-0.1, -0.05) is 36.0 Å².